The second kappa shape index (κ2) is 5.25. The summed E-state index contributed by atoms with van der Waals surface area (Å²) in [7, 11) is 0. The van der Waals surface area contributed by atoms with Gasteiger partial charge in [0.15, 0.2) is 0 Å². The highest BCUT2D eigenvalue weighted by atomic mass is 15.2. The van der Waals surface area contributed by atoms with Crippen molar-refractivity contribution in [1.82, 2.24) is 10.4 Å². The Bertz CT molecular complexity index is 494. The van der Waals surface area contributed by atoms with Crippen LogP contribution in [0, 0.1) is 5.92 Å². The molecular formula is C14H19N3. The van der Waals surface area contributed by atoms with Gasteiger partial charge in [0.1, 0.15) is 0 Å². The Hall–Kier alpha value is -1.45. The van der Waals surface area contributed by atoms with Crippen molar-refractivity contribution < 1.29 is 0 Å². The van der Waals surface area contributed by atoms with Crippen LogP contribution >= 0.6 is 0 Å². The fraction of sp³-hybridized carbons (Fsp3) is 0.357. The van der Waals surface area contributed by atoms with E-state index in [1.165, 1.54) is 0 Å². The molecule has 0 spiro atoms. The zero-order valence-electron chi connectivity index (χ0n) is 10.4. The van der Waals surface area contributed by atoms with E-state index in [1.807, 2.05) is 18.2 Å². The van der Waals surface area contributed by atoms with Crippen LogP contribution in [0.2, 0.25) is 0 Å². The number of aromatic nitrogens is 1. The highest BCUT2D eigenvalue weighted by molar-refractivity contribution is 5.78. The summed E-state index contributed by atoms with van der Waals surface area (Å²) >= 11 is 0. The Morgan fingerprint density at radius 2 is 1.94 bits per heavy atom. The summed E-state index contributed by atoms with van der Waals surface area (Å²) in [5, 5.41) is 1.16. The van der Waals surface area contributed by atoms with Crippen LogP contribution in [0.5, 0.6) is 0 Å². The number of benzene rings is 1. The van der Waals surface area contributed by atoms with Gasteiger partial charge in [0.25, 0.3) is 0 Å². The molecule has 0 saturated carbocycles. The van der Waals surface area contributed by atoms with Crippen LogP contribution in [-0.4, -0.2) is 4.98 Å². The Morgan fingerprint density at radius 3 is 2.65 bits per heavy atom. The molecule has 3 N–H and O–H groups in total. The van der Waals surface area contributed by atoms with Crippen molar-refractivity contribution in [2.45, 2.75) is 26.3 Å². The van der Waals surface area contributed by atoms with Crippen molar-refractivity contribution >= 4 is 10.9 Å². The van der Waals surface area contributed by atoms with Crippen LogP contribution in [0.4, 0.5) is 0 Å². The Morgan fingerprint density at radius 1 is 1.18 bits per heavy atom. The first-order valence-corrected chi connectivity index (χ1v) is 6.02. The van der Waals surface area contributed by atoms with E-state index in [9.17, 15) is 0 Å². The predicted molar refractivity (Wildman–Crippen MR) is 71.3 cm³/mol. The number of hydrogen-bond acceptors (Lipinski definition) is 3. The molecule has 2 rings (SSSR count). The van der Waals surface area contributed by atoms with Crippen LogP contribution in [0.15, 0.2) is 36.4 Å². The minimum atomic E-state index is 0.125. The van der Waals surface area contributed by atoms with E-state index in [-0.39, 0.29) is 6.04 Å². The molecular weight excluding hydrogens is 210 g/mol. The molecule has 0 fully saturated rings. The number of nitrogens with one attached hydrogen (secondary N) is 1. The maximum atomic E-state index is 5.61. The highest BCUT2D eigenvalue weighted by Gasteiger charge is 2.13. The number of hydrazine groups is 1. The number of pyridine rings is 1. The molecule has 1 unspecified atom stereocenters. The second-order valence-corrected chi connectivity index (χ2v) is 4.78. The van der Waals surface area contributed by atoms with E-state index in [4.69, 9.17) is 5.84 Å². The normalized spacial score (nSPS) is 13.2. The number of para-hydroxylation sites is 1. The Labute approximate surface area is 102 Å². The van der Waals surface area contributed by atoms with Crippen LogP contribution in [0.1, 0.15) is 32.0 Å². The lowest BCUT2D eigenvalue weighted by Crippen LogP contribution is -2.29. The Balaban J connectivity index is 2.34. The fourth-order valence-electron chi connectivity index (χ4n) is 2.02. The van der Waals surface area contributed by atoms with Crippen molar-refractivity contribution in [3.63, 3.8) is 0 Å². The summed E-state index contributed by atoms with van der Waals surface area (Å²) in [5.41, 5.74) is 4.89. The first kappa shape index (κ1) is 12.0. The molecule has 0 radical (unpaired) electrons. The molecule has 2 aromatic rings. The third-order valence-electron chi connectivity index (χ3n) is 2.89. The van der Waals surface area contributed by atoms with Crippen molar-refractivity contribution in [3.05, 3.63) is 42.1 Å². The number of fused-ring (bicyclic) bond motifs is 1. The van der Waals surface area contributed by atoms with Crippen molar-refractivity contribution in [3.8, 4) is 0 Å². The number of hydrogen-bond donors (Lipinski definition) is 2. The van der Waals surface area contributed by atoms with E-state index in [2.05, 4.69) is 42.5 Å². The van der Waals surface area contributed by atoms with Crippen molar-refractivity contribution in [2.24, 2.45) is 11.8 Å². The minimum absolute atomic E-state index is 0.125. The first-order valence-electron chi connectivity index (χ1n) is 6.02. The second-order valence-electron chi connectivity index (χ2n) is 4.78. The van der Waals surface area contributed by atoms with Crippen LogP contribution in [-0.2, 0) is 0 Å². The van der Waals surface area contributed by atoms with E-state index in [1.54, 1.807) is 0 Å². The third kappa shape index (κ3) is 2.81. The zero-order valence-corrected chi connectivity index (χ0v) is 10.4. The van der Waals surface area contributed by atoms with Gasteiger partial charge >= 0.3 is 0 Å². The quantitative estimate of drug-likeness (QED) is 0.626. The number of nitrogens with two attached hydrogens (primary N) is 1. The SMILES string of the molecule is CC(C)CC(NN)c1ccc2ccccc2n1. The van der Waals surface area contributed by atoms with Crippen LogP contribution < -0.4 is 11.3 Å². The Kier molecular flexibility index (Phi) is 3.71. The van der Waals surface area contributed by atoms with Crippen molar-refractivity contribution in [1.29, 1.82) is 0 Å². The average molecular weight is 229 g/mol. The van der Waals surface area contributed by atoms with Crippen molar-refractivity contribution in [2.75, 3.05) is 0 Å². The first-order chi connectivity index (χ1) is 8.20. The van der Waals surface area contributed by atoms with Gasteiger partial charge in [-0.15, -0.1) is 0 Å². The van der Waals surface area contributed by atoms with Gasteiger partial charge in [-0.05, 0) is 24.5 Å². The van der Waals surface area contributed by atoms with E-state index in [0.29, 0.717) is 5.92 Å². The molecule has 0 bridgehead atoms. The minimum Gasteiger partial charge on any atom is -0.271 e. The summed E-state index contributed by atoms with van der Waals surface area (Å²) in [4.78, 5) is 4.66. The topological polar surface area (TPSA) is 50.9 Å². The molecule has 0 amide bonds. The summed E-state index contributed by atoms with van der Waals surface area (Å²) in [6.07, 6.45) is 0.988. The standard InChI is InChI=1S/C14H19N3/c1-10(2)9-14(17-15)13-8-7-11-5-3-4-6-12(11)16-13/h3-8,10,14,17H,9,15H2,1-2H3. The third-order valence-corrected chi connectivity index (χ3v) is 2.89. The summed E-state index contributed by atoms with van der Waals surface area (Å²) in [6, 6.07) is 12.4. The van der Waals surface area contributed by atoms with Gasteiger partial charge in [-0.2, -0.15) is 0 Å². The van der Waals surface area contributed by atoms with E-state index in [0.717, 1.165) is 23.0 Å². The molecule has 1 aromatic carbocycles. The van der Waals surface area contributed by atoms with E-state index >= 15 is 0 Å². The van der Waals surface area contributed by atoms with Gasteiger partial charge in [0, 0.05) is 5.39 Å². The lowest BCUT2D eigenvalue weighted by Gasteiger charge is -2.17. The maximum Gasteiger partial charge on any atom is 0.0706 e. The van der Waals surface area contributed by atoms with E-state index < -0.39 is 0 Å². The largest absolute Gasteiger partial charge is 0.271 e. The molecule has 3 heteroatoms. The molecule has 17 heavy (non-hydrogen) atoms. The summed E-state index contributed by atoms with van der Waals surface area (Å²) in [5.74, 6) is 6.19. The van der Waals surface area contributed by atoms with Gasteiger partial charge in [0.05, 0.1) is 17.3 Å². The van der Waals surface area contributed by atoms with Gasteiger partial charge in [-0.1, -0.05) is 38.1 Å². The molecule has 0 aliphatic heterocycles. The molecule has 90 valence electrons. The molecule has 0 aliphatic carbocycles. The predicted octanol–water partition coefficient (Wildman–Crippen LogP) is 2.79. The highest BCUT2D eigenvalue weighted by Crippen LogP contribution is 2.21. The van der Waals surface area contributed by atoms with Crippen LogP contribution in [0.3, 0.4) is 0 Å². The number of rotatable bonds is 4. The smallest absolute Gasteiger partial charge is 0.0706 e. The lowest BCUT2D eigenvalue weighted by molar-refractivity contribution is 0.431. The molecule has 3 nitrogen and oxygen atoms in total. The van der Waals surface area contributed by atoms with Crippen LogP contribution in [0.25, 0.3) is 10.9 Å². The molecule has 0 saturated heterocycles. The maximum absolute atomic E-state index is 5.61. The monoisotopic (exact) mass is 229 g/mol. The average Bonchev–Trinajstić information content (AvgIpc) is 2.35. The zero-order chi connectivity index (χ0) is 12.3. The summed E-state index contributed by atoms with van der Waals surface area (Å²) in [6.45, 7) is 4.37. The molecule has 1 heterocycles. The molecule has 1 aromatic heterocycles. The lowest BCUT2D eigenvalue weighted by atomic mass is 10.0. The van der Waals surface area contributed by atoms with Gasteiger partial charge in [-0.25, -0.2) is 0 Å². The fourth-order valence-corrected chi connectivity index (χ4v) is 2.02. The number of nitrogens with zero attached hydrogens (tertiary/aromatic N) is 1. The molecule has 1 atom stereocenters. The molecule has 0 aliphatic rings. The van der Waals surface area contributed by atoms with Gasteiger partial charge < -0.3 is 0 Å². The van der Waals surface area contributed by atoms with Gasteiger partial charge in [0.2, 0.25) is 0 Å². The van der Waals surface area contributed by atoms with Gasteiger partial charge in [-0.3, -0.25) is 16.3 Å². The summed E-state index contributed by atoms with van der Waals surface area (Å²) < 4.78 is 0.